The Labute approximate surface area is 353 Å². The molecule has 3 heterocycles. The average Bonchev–Trinajstić information content (AvgIpc) is 3.79. The zero-order valence-corrected chi connectivity index (χ0v) is 34.2. The standard InChI is InChI=1S/C43H40Cl2F3N7O5/c1-42(2,3)24-43(31-15-11-26(19-34(31)46)28-20-50-54(21-28)38(47)48)37(56)55(39(53-43)52-41(58)59-22-25-8-5-4-6-9-25)35(23-60-40(57)51-29-13-14-29)27-12-16-32(44)30(18-27)36-33(45)10-7-17-49-36/h4-12,15-21,29,35,38H,13-14,22-24H2,1-3H3,(H,51,57)(H,52,53,58)/t35-,43-/m1/s1. The van der Waals surface area contributed by atoms with E-state index < -0.39 is 54.1 Å². The number of halogens is 5. The number of hydrogen-bond acceptors (Lipinski definition) is 7. The molecular weight excluding hydrogens is 822 g/mol. The number of ether oxygens (including phenoxy) is 2. The number of aromatic nitrogens is 3. The number of nitrogens with zero attached hydrogens (tertiary/aromatic N) is 5. The first-order chi connectivity index (χ1) is 28.6. The fraction of sp³-hybridized carbons (Fsp3) is 0.302. The van der Waals surface area contributed by atoms with Crippen LogP contribution in [0, 0.1) is 11.2 Å². The molecule has 1 aliphatic heterocycles. The smallest absolute Gasteiger partial charge is 0.437 e. The summed E-state index contributed by atoms with van der Waals surface area (Å²) in [5.74, 6) is -1.91. The van der Waals surface area contributed by atoms with Crippen molar-refractivity contribution in [2.75, 3.05) is 6.61 Å². The Hall–Kier alpha value is -5.93. The zero-order chi connectivity index (χ0) is 42.8. The van der Waals surface area contributed by atoms with Gasteiger partial charge in [-0.3, -0.25) is 14.7 Å². The van der Waals surface area contributed by atoms with Gasteiger partial charge in [0.2, 0.25) is 5.96 Å². The molecule has 2 fully saturated rings. The summed E-state index contributed by atoms with van der Waals surface area (Å²) in [6.07, 6.45) is 3.53. The van der Waals surface area contributed by atoms with E-state index in [0.29, 0.717) is 32.1 Å². The highest BCUT2D eigenvalue weighted by Crippen LogP contribution is 2.45. The molecule has 12 nitrogen and oxygen atoms in total. The average molecular weight is 863 g/mol. The first kappa shape index (κ1) is 42.2. The van der Waals surface area contributed by atoms with Gasteiger partial charge in [0.05, 0.1) is 28.0 Å². The number of carbonyl (C=O) groups excluding carboxylic acids is 3. The summed E-state index contributed by atoms with van der Waals surface area (Å²) in [5.41, 5.74) is -0.510. The maximum absolute atomic E-state index is 16.8. The number of alkyl carbamates (subject to hydrolysis) is 1. The van der Waals surface area contributed by atoms with Crippen LogP contribution in [0.15, 0.2) is 102 Å². The number of amides is 3. The summed E-state index contributed by atoms with van der Waals surface area (Å²) in [6, 6.07) is 19.8. The van der Waals surface area contributed by atoms with E-state index in [4.69, 9.17) is 32.7 Å². The first-order valence-corrected chi connectivity index (χ1v) is 19.7. The second-order valence-corrected chi connectivity index (χ2v) is 16.5. The lowest BCUT2D eigenvalue weighted by Gasteiger charge is -2.35. The highest BCUT2D eigenvalue weighted by molar-refractivity contribution is 6.36. The van der Waals surface area contributed by atoms with Gasteiger partial charge in [0.15, 0.2) is 0 Å². The molecule has 60 heavy (non-hydrogen) atoms. The first-order valence-electron chi connectivity index (χ1n) is 19.0. The van der Waals surface area contributed by atoms with E-state index in [9.17, 15) is 18.4 Å². The minimum atomic E-state index is -2.91. The van der Waals surface area contributed by atoms with Crippen molar-refractivity contribution < 1.29 is 37.0 Å². The van der Waals surface area contributed by atoms with E-state index in [1.54, 1.807) is 54.6 Å². The van der Waals surface area contributed by atoms with Crippen molar-refractivity contribution in [2.45, 2.75) is 70.8 Å². The summed E-state index contributed by atoms with van der Waals surface area (Å²) in [5, 5.41) is 10.1. The third-order valence-electron chi connectivity index (χ3n) is 9.87. The number of rotatable bonds is 12. The maximum atomic E-state index is 16.8. The van der Waals surface area contributed by atoms with Crippen molar-refractivity contribution in [3.63, 3.8) is 0 Å². The van der Waals surface area contributed by atoms with Crippen LogP contribution in [-0.2, 0) is 26.4 Å². The fourth-order valence-electron chi connectivity index (χ4n) is 7.07. The van der Waals surface area contributed by atoms with E-state index >= 15 is 9.18 Å². The molecule has 1 saturated carbocycles. The molecule has 312 valence electrons. The molecule has 2 aliphatic rings. The van der Waals surface area contributed by atoms with Crippen LogP contribution in [0.4, 0.5) is 22.8 Å². The van der Waals surface area contributed by atoms with Crippen LogP contribution in [0.2, 0.25) is 10.0 Å². The van der Waals surface area contributed by atoms with E-state index in [1.165, 1.54) is 24.5 Å². The lowest BCUT2D eigenvalue weighted by atomic mass is 9.75. The Bertz CT molecular complexity index is 2440. The molecule has 3 aromatic carbocycles. The number of guanidine groups is 1. The number of hydrogen-bond donors (Lipinski definition) is 2. The number of alkyl halides is 2. The summed E-state index contributed by atoms with van der Waals surface area (Å²) < 4.78 is 55.2. The van der Waals surface area contributed by atoms with Crippen LogP contribution < -0.4 is 10.6 Å². The van der Waals surface area contributed by atoms with Crippen molar-refractivity contribution in [1.29, 1.82) is 0 Å². The molecule has 2 atom stereocenters. The Morgan fingerprint density at radius 1 is 1.00 bits per heavy atom. The van der Waals surface area contributed by atoms with Gasteiger partial charge in [-0.2, -0.15) is 13.9 Å². The molecule has 2 aromatic heterocycles. The topological polar surface area (TPSA) is 140 Å². The van der Waals surface area contributed by atoms with Crippen LogP contribution in [0.5, 0.6) is 0 Å². The van der Waals surface area contributed by atoms with E-state index in [1.807, 2.05) is 26.8 Å². The van der Waals surface area contributed by atoms with Gasteiger partial charge in [0.1, 0.15) is 24.6 Å². The lowest BCUT2D eigenvalue weighted by molar-refractivity contribution is -0.135. The van der Waals surface area contributed by atoms with Crippen LogP contribution in [-0.4, -0.2) is 56.4 Å². The maximum Gasteiger partial charge on any atom is 0.437 e. The number of benzene rings is 3. The van der Waals surface area contributed by atoms with Gasteiger partial charge in [-0.05, 0) is 71.7 Å². The van der Waals surface area contributed by atoms with Gasteiger partial charge in [-0.1, -0.05) is 92.5 Å². The molecule has 0 unspecified atom stereocenters. The van der Waals surface area contributed by atoms with Gasteiger partial charge >= 0.3 is 18.7 Å². The van der Waals surface area contributed by atoms with Gasteiger partial charge in [-0.15, -0.1) is 4.99 Å². The van der Waals surface area contributed by atoms with E-state index in [2.05, 4.69) is 25.7 Å². The Morgan fingerprint density at radius 2 is 1.77 bits per heavy atom. The highest BCUT2D eigenvalue weighted by Gasteiger charge is 2.56. The van der Waals surface area contributed by atoms with Crippen LogP contribution >= 0.6 is 23.2 Å². The minimum Gasteiger partial charge on any atom is -0.447 e. The lowest BCUT2D eigenvalue weighted by Crippen LogP contribution is -2.48. The van der Waals surface area contributed by atoms with Crippen LogP contribution in [0.25, 0.3) is 22.4 Å². The number of aliphatic imine (C=N–C) groups is 1. The number of nitrogens with one attached hydrogen (secondary N) is 2. The van der Waals surface area contributed by atoms with Crippen LogP contribution in [0.1, 0.15) is 69.3 Å². The summed E-state index contributed by atoms with van der Waals surface area (Å²) >= 11 is 13.3. The molecule has 0 spiro atoms. The Balaban J connectivity index is 1.37. The van der Waals surface area contributed by atoms with Gasteiger partial charge in [0.25, 0.3) is 5.91 Å². The Kier molecular flexibility index (Phi) is 12.2. The molecule has 0 bridgehead atoms. The summed E-state index contributed by atoms with van der Waals surface area (Å²) in [6.45, 7) is 2.06. The second kappa shape index (κ2) is 17.3. The fourth-order valence-corrected chi connectivity index (χ4v) is 7.50. The molecule has 1 aliphatic carbocycles. The molecule has 0 radical (unpaired) electrons. The third-order valence-corrected chi connectivity index (χ3v) is 10.5. The number of carbonyl (C=O) groups is 3. The molecule has 5 aromatic rings. The highest BCUT2D eigenvalue weighted by atomic mass is 35.5. The molecule has 1 saturated heterocycles. The molecule has 7 rings (SSSR count). The van der Waals surface area contributed by atoms with Crippen molar-refractivity contribution in [3.8, 4) is 22.4 Å². The van der Waals surface area contributed by atoms with Crippen molar-refractivity contribution in [3.05, 3.63) is 130 Å². The van der Waals surface area contributed by atoms with Crippen LogP contribution in [0.3, 0.4) is 0 Å². The van der Waals surface area contributed by atoms with Crippen molar-refractivity contribution in [2.24, 2.45) is 10.4 Å². The SMILES string of the molecule is CC(C)(C)C[C@]1(c2ccc(-c3cnn(C(F)F)c3)cc2F)NC(=NC(=O)OCc2ccccc2)N([C@H](COC(=O)NC2CC2)c2ccc(Cl)c(-c3ncccc3Cl)c2)C1=O. The van der Waals surface area contributed by atoms with Crippen molar-refractivity contribution in [1.82, 2.24) is 30.3 Å². The van der Waals surface area contributed by atoms with Crippen molar-refractivity contribution >= 4 is 47.3 Å². The van der Waals surface area contributed by atoms with E-state index in [-0.39, 0.29) is 46.7 Å². The Morgan fingerprint density at radius 3 is 2.43 bits per heavy atom. The zero-order valence-electron chi connectivity index (χ0n) is 32.7. The van der Waals surface area contributed by atoms with Gasteiger partial charge in [-0.25, -0.2) is 18.7 Å². The molecule has 2 N–H and O–H groups in total. The van der Waals surface area contributed by atoms with Gasteiger partial charge < -0.3 is 20.1 Å². The van der Waals surface area contributed by atoms with E-state index in [0.717, 1.165) is 30.0 Å². The minimum absolute atomic E-state index is 0.0435. The third kappa shape index (κ3) is 9.42. The molecule has 17 heteroatoms. The second-order valence-electron chi connectivity index (χ2n) is 15.7. The predicted octanol–water partition coefficient (Wildman–Crippen LogP) is 9.84. The molecule has 3 amide bonds. The largest absolute Gasteiger partial charge is 0.447 e. The normalized spacial score (nSPS) is 17.8. The van der Waals surface area contributed by atoms with Gasteiger partial charge in [0, 0.05) is 35.1 Å². The predicted molar refractivity (Wildman–Crippen MR) is 219 cm³/mol. The number of pyridine rings is 1. The monoisotopic (exact) mass is 861 g/mol. The summed E-state index contributed by atoms with van der Waals surface area (Å²) in [4.78, 5) is 52.0. The quantitative estimate of drug-likeness (QED) is 0.126. The molecular formula is C43H40Cl2F3N7O5. The summed E-state index contributed by atoms with van der Waals surface area (Å²) in [7, 11) is 0.